The zero-order valence-corrected chi connectivity index (χ0v) is 8.69. The second-order valence-electron chi connectivity index (χ2n) is 3.73. The molecule has 0 aromatic carbocycles. The van der Waals surface area contributed by atoms with Crippen molar-refractivity contribution in [3.05, 3.63) is 18.6 Å². The first-order chi connectivity index (χ1) is 6.36. The molecule has 1 aromatic heterocycles. The number of nitrogens with zero attached hydrogens (tertiary/aromatic N) is 3. The van der Waals surface area contributed by atoms with Crippen LogP contribution in [0.25, 0.3) is 0 Å². The molecule has 3 N–H and O–H groups in total. The summed E-state index contributed by atoms with van der Waals surface area (Å²) in [6.45, 7) is 4.56. The number of rotatable bonds is 1. The topological polar surface area (TPSA) is 64.0 Å². The van der Waals surface area contributed by atoms with Crippen molar-refractivity contribution in [1.82, 2.24) is 16.1 Å². The molecule has 0 unspecified atom stereocenters. The quantitative estimate of drug-likeness (QED) is 0.741. The van der Waals surface area contributed by atoms with E-state index in [0.717, 1.165) is 24.8 Å². The minimum Gasteiger partial charge on any atom is -0.355 e. The van der Waals surface area contributed by atoms with Crippen molar-refractivity contribution in [2.45, 2.75) is 19.8 Å². The molecule has 2 rings (SSSR count). The maximum atomic E-state index is 4.29. The van der Waals surface area contributed by atoms with Gasteiger partial charge < -0.3 is 11.1 Å². The summed E-state index contributed by atoms with van der Waals surface area (Å²) in [7, 11) is 0. The highest BCUT2D eigenvalue weighted by atomic mass is 15.2. The summed E-state index contributed by atoms with van der Waals surface area (Å²) >= 11 is 0. The van der Waals surface area contributed by atoms with E-state index in [1.165, 1.54) is 12.8 Å². The van der Waals surface area contributed by atoms with Gasteiger partial charge in [-0.25, -0.2) is 4.98 Å². The molecule has 4 heteroatoms. The summed E-state index contributed by atoms with van der Waals surface area (Å²) in [5.74, 6) is 1.89. The van der Waals surface area contributed by atoms with Gasteiger partial charge in [0.1, 0.15) is 5.82 Å². The molecule has 2 heterocycles. The lowest BCUT2D eigenvalue weighted by Crippen LogP contribution is -2.33. The Morgan fingerprint density at radius 1 is 1.29 bits per heavy atom. The van der Waals surface area contributed by atoms with Gasteiger partial charge in [-0.1, -0.05) is 6.92 Å². The maximum absolute atomic E-state index is 4.29. The summed E-state index contributed by atoms with van der Waals surface area (Å²) < 4.78 is 0. The minimum absolute atomic E-state index is 0. The van der Waals surface area contributed by atoms with Crippen LogP contribution in [0.15, 0.2) is 18.6 Å². The van der Waals surface area contributed by atoms with Crippen LogP contribution in [0.5, 0.6) is 0 Å². The van der Waals surface area contributed by atoms with E-state index in [1.807, 2.05) is 6.20 Å². The first-order valence-electron chi connectivity index (χ1n) is 4.87. The molecule has 14 heavy (non-hydrogen) atoms. The lowest BCUT2D eigenvalue weighted by atomic mass is 9.99. The van der Waals surface area contributed by atoms with Gasteiger partial charge in [0.2, 0.25) is 0 Å². The van der Waals surface area contributed by atoms with Crippen LogP contribution in [0.3, 0.4) is 0 Å². The Morgan fingerprint density at radius 2 is 2.00 bits per heavy atom. The lowest BCUT2D eigenvalue weighted by Gasteiger charge is -2.30. The number of hydrogen-bond donors (Lipinski definition) is 1. The molecule has 0 spiro atoms. The number of piperidine rings is 1. The number of hydrogen-bond acceptors (Lipinski definition) is 4. The Balaban J connectivity index is 0.000000980. The molecule has 1 aliphatic heterocycles. The van der Waals surface area contributed by atoms with Crippen molar-refractivity contribution in [2.75, 3.05) is 18.0 Å². The predicted molar refractivity (Wildman–Crippen MR) is 57.7 cm³/mol. The molecule has 0 saturated carbocycles. The molecule has 1 fully saturated rings. The fourth-order valence-electron chi connectivity index (χ4n) is 1.69. The second kappa shape index (κ2) is 4.91. The maximum Gasteiger partial charge on any atom is 0.147 e. The van der Waals surface area contributed by atoms with Crippen LogP contribution in [0.2, 0.25) is 0 Å². The van der Waals surface area contributed by atoms with Crippen LogP contribution >= 0.6 is 0 Å². The van der Waals surface area contributed by atoms with Crippen molar-refractivity contribution in [3.63, 3.8) is 0 Å². The third-order valence-electron chi connectivity index (χ3n) is 2.66. The zero-order valence-electron chi connectivity index (χ0n) is 8.69. The third kappa shape index (κ3) is 2.42. The molecule has 0 bridgehead atoms. The predicted octanol–water partition coefficient (Wildman–Crippen LogP) is 1.87. The van der Waals surface area contributed by atoms with Crippen LogP contribution in [0.1, 0.15) is 19.8 Å². The minimum atomic E-state index is 0. The highest BCUT2D eigenvalue weighted by molar-refractivity contribution is 5.35. The van der Waals surface area contributed by atoms with Gasteiger partial charge in [0.25, 0.3) is 0 Å². The molecule has 0 atom stereocenters. The van der Waals surface area contributed by atoms with Gasteiger partial charge in [-0.3, -0.25) is 4.98 Å². The van der Waals surface area contributed by atoms with Crippen LogP contribution in [0.4, 0.5) is 5.82 Å². The van der Waals surface area contributed by atoms with E-state index in [1.54, 1.807) is 12.4 Å². The lowest BCUT2D eigenvalue weighted by molar-refractivity contribution is 0.436. The van der Waals surface area contributed by atoms with Gasteiger partial charge >= 0.3 is 0 Å². The van der Waals surface area contributed by atoms with Gasteiger partial charge in [-0.15, -0.1) is 0 Å². The Bertz CT molecular complexity index is 254. The van der Waals surface area contributed by atoms with Crippen LogP contribution < -0.4 is 11.1 Å². The van der Waals surface area contributed by atoms with Gasteiger partial charge in [0.05, 0.1) is 6.20 Å². The molecular formula is C10H18N4. The molecule has 1 aromatic rings. The molecule has 78 valence electrons. The van der Waals surface area contributed by atoms with E-state index in [4.69, 9.17) is 0 Å². The van der Waals surface area contributed by atoms with Gasteiger partial charge in [-0.05, 0) is 18.8 Å². The Hall–Kier alpha value is -1.16. The van der Waals surface area contributed by atoms with E-state index in [2.05, 4.69) is 21.8 Å². The van der Waals surface area contributed by atoms with Crippen molar-refractivity contribution < 1.29 is 0 Å². The zero-order chi connectivity index (χ0) is 9.10. The van der Waals surface area contributed by atoms with Crippen molar-refractivity contribution in [2.24, 2.45) is 5.92 Å². The first-order valence-corrected chi connectivity index (χ1v) is 4.87. The summed E-state index contributed by atoms with van der Waals surface area (Å²) in [5, 5.41) is 0. The standard InChI is InChI=1S/C10H15N3.H3N/c1-9-2-6-13(7-3-9)10-8-11-4-5-12-10;/h4-5,8-9H,2-3,6-7H2,1H3;1H3. The fourth-order valence-corrected chi connectivity index (χ4v) is 1.69. The normalized spacial score (nSPS) is 17.6. The monoisotopic (exact) mass is 194 g/mol. The van der Waals surface area contributed by atoms with Crippen LogP contribution in [-0.4, -0.2) is 23.1 Å². The molecule has 4 nitrogen and oxygen atoms in total. The van der Waals surface area contributed by atoms with E-state index in [-0.39, 0.29) is 6.15 Å². The van der Waals surface area contributed by atoms with Gasteiger partial charge in [0, 0.05) is 25.5 Å². The van der Waals surface area contributed by atoms with E-state index in [0.29, 0.717) is 0 Å². The third-order valence-corrected chi connectivity index (χ3v) is 2.66. The summed E-state index contributed by atoms with van der Waals surface area (Å²) in [5.41, 5.74) is 0. The Labute approximate surface area is 85.0 Å². The molecule has 0 aliphatic carbocycles. The largest absolute Gasteiger partial charge is 0.355 e. The van der Waals surface area contributed by atoms with Crippen molar-refractivity contribution >= 4 is 5.82 Å². The molecule has 1 aliphatic rings. The Kier molecular flexibility index (Phi) is 3.83. The first kappa shape index (κ1) is 10.9. The van der Waals surface area contributed by atoms with Gasteiger partial charge in [-0.2, -0.15) is 0 Å². The molecule has 1 saturated heterocycles. The fraction of sp³-hybridized carbons (Fsp3) is 0.600. The summed E-state index contributed by atoms with van der Waals surface area (Å²) in [6, 6.07) is 0. The highest BCUT2D eigenvalue weighted by Crippen LogP contribution is 2.19. The van der Waals surface area contributed by atoms with Gasteiger partial charge in [0.15, 0.2) is 0 Å². The molecular weight excluding hydrogens is 176 g/mol. The average Bonchev–Trinajstić information content (AvgIpc) is 2.20. The Morgan fingerprint density at radius 3 is 2.57 bits per heavy atom. The van der Waals surface area contributed by atoms with E-state index >= 15 is 0 Å². The average molecular weight is 194 g/mol. The highest BCUT2D eigenvalue weighted by Gasteiger charge is 2.16. The van der Waals surface area contributed by atoms with E-state index in [9.17, 15) is 0 Å². The molecule has 0 amide bonds. The van der Waals surface area contributed by atoms with Crippen molar-refractivity contribution in [3.8, 4) is 0 Å². The summed E-state index contributed by atoms with van der Waals surface area (Å²) in [6.07, 6.45) is 7.87. The molecule has 0 radical (unpaired) electrons. The van der Waals surface area contributed by atoms with E-state index < -0.39 is 0 Å². The summed E-state index contributed by atoms with van der Waals surface area (Å²) in [4.78, 5) is 10.7. The number of anilines is 1. The van der Waals surface area contributed by atoms with Crippen molar-refractivity contribution in [1.29, 1.82) is 0 Å². The van der Waals surface area contributed by atoms with Crippen LogP contribution in [-0.2, 0) is 0 Å². The smallest absolute Gasteiger partial charge is 0.147 e. The number of aromatic nitrogens is 2. The SMILES string of the molecule is CC1CCN(c2cnccn2)CC1.N. The second-order valence-corrected chi connectivity index (χ2v) is 3.73. The van der Waals surface area contributed by atoms with Crippen LogP contribution in [0, 0.1) is 5.92 Å².